The Morgan fingerprint density at radius 1 is 1.07 bits per heavy atom. The molecule has 0 amide bonds. The second-order valence-corrected chi connectivity index (χ2v) is 7.62. The molecule has 0 saturated carbocycles. The molecule has 0 spiro atoms. The van der Waals surface area contributed by atoms with Gasteiger partial charge in [0.05, 0.1) is 0 Å². The highest BCUT2D eigenvalue weighted by Crippen LogP contribution is 2.28. The monoisotopic (exact) mass is 362 g/mol. The van der Waals surface area contributed by atoms with Crippen LogP contribution in [0.5, 0.6) is 0 Å². The number of piperidine rings is 1. The smallest absolute Gasteiger partial charge is 0.276 e. The third-order valence-corrected chi connectivity index (χ3v) is 5.33. The maximum atomic E-state index is 5.42. The zero-order valence-electron chi connectivity index (χ0n) is 16.0. The average molecular weight is 362 g/mol. The van der Waals surface area contributed by atoms with Crippen LogP contribution in [0.4, 0.5) is 0 Å². The lowest BCUT2D eigenvalue weighted by Gasteiger charge is -2.30. The molecule has 0 aliphatic carbocycles. The molecule has 3 aromatic rings. The number of rotatable bonds is 5. The SMILES string of the molecule is CC(C)c1ccc(CN2CCC(c3noc(-c4ccccn4)n3)CC2)cc1. The van der Waals surface area contributed by atoms with Gasteiger partial charge in [0, 0.05) is 18.7 Å². The van der Waals surface area contributed by atoms with Gasteiger partial charge in [-0.2, -0.15) is 4.98 Å². The van der Waals surface area contributed by atoms with E-state index < -0.39 is 0 Å². The van der Waals surface area contributed by atoms with E-state index in [-0.39, 0.29) is 0 Å². The number of nitrogens with zero attached hydrogens (tertiary/aromatic N) is 4. The molecule has 0 atom stereocenters. The highest BCUT2D eigenvalue weighted by atomic mass is 16.5. The van der Waals surface area contributed by atoms with Crippen molar-refractivity contribution in [3.63, 3.8) is 0 Å². The quantitative estimate of drug-likeness (QED) is 0.662. The van der Waals surface area contributed by atoms with Crippen LogP contribution >= 0.6 is 0 Å². The lowest BCUT2D eigenvalue weighted by molar-refractivity contribution is 0.200. The van der Waals surface area contributed by atoms with E-state index in [9.17, 15) is 0 Å². The molecule has 2 aromatic heterocycles. The Hall–Kier alpha value is -2.53. The van der Waals surface area contributed by atoms with Gasteiger partial charge in [0.15, 0.2) is 5.82 Å². The number of pyridine rings is 1. The Balaban J connectivity index is 1.33. The molecule has 3 heterocycles. The minimum Gasteiger partial charge on any atom is -0.332 e. The summed E-state index contributed by atoms with van der Waals surface area (Å²) in [5, 5.41) is 4.21. The van der Waals surface area contributed by atoms with Crippen LogP contribution in [-0.4, -0.2) is 33.1 Å². The summed E-state index contributed by atoms with van der Waals surface area (Å²) < 4.78 is 5.42. The standard InChI is InChI=1S/C22H26N4O/c1-16(2)18-8-6-17(7-9-18)15-26-13-10-19(11-14-26)21-24-22(27-25-21)20-5-3-4-12-23-20/h3-9,12,16,19H,10-11,13-15H2,1-2H3. The van der Waals surface area contributed by atoms with Crippen LogP contribution in [0.15, 0.2) is 53.2 Å². The third-order valence-electron chi connectivity index (χ3n) is 5.33. The molecule has 0 unspecified atom stereocenters. The van der Waals surface area contributed by atoms with Gasteiger partial charge < -0.3 is 4.52 Å². The zero-order valence-corrected chi connectivity index (χ0v) is 16.0. The van der Waals surface area contributed by atoms with Crippen molar-refractivity contribution < 1.29 is 4.52 Å². The lowest BCUT2D eigenvalue weighted by atomic mass is 9.95. The van der Waals surface area contributed by atoms with Crippen molar-refractivity contribution in [3.8, 4) is 11.6 Å². The Kier molecular flexibility index (Phi) is 5.30. The van der Waals surface area contributed by atoms with Crippen molar-refractivity contribution >= 4 is 0 Å². The second-order valence-electron chi connectivity index (χ2n) is 7.62. The predicted octanol–water partition coefficient (Wildman–Crippen LogP) is 4.63. The van der Waals surface area contributed by atoms with Gasteiger partial charge in [-0.15, -0.1) is 0 Å². The minimum atomic E-state index is 0.366. The number of aromatic nitrogens is 3. The summed E-state index contributed by atoms with van der Waals surface area (Å²) in [6.07, 6.45) is 3.86. The van der Waals surface area contributed by atoms with Crippen LogP contribution in [0.1, 0.15) is 55.5 Å². The topological polar surface area (TPSA) is 55.1 Å². The fourth-order valence-corrected chi connectivity index (χ4v) is 3.61. The maximum absolute atomic E-state index is 5.42. The first kappa shape index (κ1) is 17.9. The van der Waals surface area contributed by atoms with Crippen LogP contribution in [0, 0.1) is 0 Å². The van der Waals surface area contributed by atoms with Crippen molar-refractivity contribution in [2.45, 2.75) is 45.1 Å². The Morgan fingerprint density at radius 3 is 2.52 bits per heavy atom. The number of likely N-dealkylation sites (tertiary alicyclic amines) is 1. The van der Waals surface area contributed by atoms with Gasteiger partial charge in [0.25, 0.3) is 5.89 Å². The molecule has 1 fully saturated rings. The van der Waals surface area contributed by atoms with E-state index in [1.165, 1.54) is 11.1 Å². The van der Waals surface area contributed by atoms with Crippen LogP contribution in [0.25, 0.3) is 11.6 Å². The second kappa shape index (κ2) is 8.01. The fourth-order valence-electron chi connectivity index (χ4n) is 3.61. The predicted molar refractivity (Wildman–Crippen MR) is 105 cm³/mol. The first-order valence-corrected chi connectivity index (χ1v) is 9.75. The Bertz CT molecular complexity index is 850. The molecule has 1 aliphatic rings. The molecular weight excluding hydrogens is 336 g/mol. The van der Waals surface area contributed by atoms with Crippen molar-refractivity contribution in [1.82, 2.24) is 20.0 Å². The van der Waals surface area contributed by atoms with E-state index in [4.69, 9.17) is 4.52 Å². The van der Waals surface area contributed by atoms with E-state index in [2.05, 4.69) is 58.1 Å². The minimum absolute atomic E-state index is 0.366. The molecule has 0 bridgehead atoms. The van der Waals surface area contributed by atoms with E-state index in [1.807, 2.05) is 18.2 Å². The summed E-state index contributed by atoms with van der Waals surface area (Å²) in [6, 6.07) is 14.7. The van der Waals surface area contributed by atoms with Gasteiger partial charge in [-0.3, -0.25) is 9.88 Å². The van der Waals surface area contributed by atoms with Gasteiger partial charge >= 0.3 is 0 Å². The Morgan fingerprint density at radius 2 is 1.85 bits per heavy atom. The molecule has 1 aliphatic heterocycles. The largest absolute Gasteiger partial charge is 0.332 e. The molecule has 0 radical (unpaired) electrons. The number of benzene rings is 1. The van der Waals surface area contributed by atoms with Gasteiger partial charge in [0.1, 0.15) is 5.69 Å². The summed E-state index contributed by atoms with van der Waals surface area (Å²) in [5.41, 5.74) is 3.52. The maximum Gasteiger partial charge on any atom is 0.276 e. The first-order valence-electron chi connectivity index (χ1n) is 9.75. The molecule has 4 rings (SSSR count). The van der Waals surface area contributed by atoms with Crippen LogP contribution in [-0.2, 0) is 6.54 Å². The highest BCUT2D eigenvalue weighted by Gasteiger charge is 2.25. The van der Waals surface area contributed by atoms with Crippen molar-refractivity contribution in [2.75, 3.05) is 13.1 Å². The van der Waals surface area contributed by atoms with Crippen LogP contribution < -0.4 is 0 Å². The van der Waals surface area contributed by atoms with Crippen molar-refractivity contribution in [1.29, 1.82) is 0 Å². The van der Waals surface area contributed by atoms with Gasteiger partial charge in [0.2, 0.25) is 0 Å². The molecule has 27 heavy (non-hydrogen) atoms. The molecule has 1 saturated heterocycles. The average Bonchev–Trinajstić information content (AvgIpc) is 3.20. The van der Waals surface area contributed by atoms with Gasteiger partial charge in [-0.25, -0.2) is 0 Å². The summed E-state index contributed by atoms with van der Waals surface area (Å²) in [5.74, 6) is 2.28. The van der Waals surface area contributed by atoms with Crippen molar-refractivity contribution in [2.24, 2.45) is 0 Å². The zero-order chi connectivity index (χ0) is 18.6. The third kappa shape index (κ3) is 4.25. The fraction of sp³-hybridized carbons (Fsp3) is 0.409. The molecule has 140 valence electrons. The summed E-state index contributed by atoms with van der Waals surface area (Å²) in [7, 11) is 0. The normalized spacial score (nSPS) is 16.1. The molecule has 5 heteroatoms. The van der Waals surface area contributed by atoms with E-state index in [0.29, 0.717) is 17.7 Å². The van der Waals surface area contributed by atoms with Crippen LogP contribution in [0.2, 0.25) is 0 Å². The molecule has 0 N–H and O–H groups in total. The summed E-state index contributed by atoms with van der Waals surface area (Å²) >= 11 is 0. The lowest BCUT2D eigenvalue weighted by Crippen LogP contribution is -2.32. The summed E-state index contributed by atoms with van der Waals surface area (Å²) in [4.78, 5) is 11.4. The van der Waals surface area contributed by atoms with Crippen LogP contribution in [0.3, 0.4) is 0 Å². The molecular formula is C22H26N4O. The molecule has 1 aromatic carbocycles. The first-order chi connectivity index (χ1) is 13.2. The van der Waals surface area contributed by atoms with Gasteiger partial charge in [-0.1, -0.05) is 49.3 Å². The van der Waals surface area contributed by atoms with E-state index in [1.54, 1.807) is 6.20 Å². The highest BCUT2D eigenvalue weighted by molar-refractivity contribution is 5.45. The van der Waals surface area contributed by atoms with E-state index in [0.717, 1.165) is 44.0 Å². The number of hydrogen-bond donors (Lipinski definition) is 0. The van der Waals surface area contributed by atoms with Crippen molar-refractivity contribution in [3.05, 3.63) is 65.6 Å². The molecule has 5 nitrogen and oxygen atoms in total. The Labute approximate surface area is 160 Å². The summed E-state index contributed by atoms with van der Waals surface area (Å²) in [6.45, 7) is 7.60. The van der Waals surface area contributed by atoms with Gasteiger partial charge in [-0.05, 0) is 55.1 Å². The van der Waals surface area contributed by atoms with E-state index >= 15 is 0 Å². The number of hydrogen-bond acceptors (Lipinski definition) is 5.